The summed E-state index contributed by atoms with van der Waals surface area (Å²) in [6.45, 7) is -0.124. The van der Waals surface area contributed by atoms with Crippen molar-refractivity contribution >= 4 is 22.7 Å². The van der Waals surface area contributed by atoms with Gasteiger partial charge in [-0.1, -0.05) is 17.3 Å². The molecule has 0 atom stereocenters. The number of carboxylic acids is 1. The normalized spacial score (nSPS) is 15.3. The van der Waals surface area contributed by atoms with E-state index in [0.717, 1.165) is 11.0 Å². The minimum absolute atomic E-state index is 0.124. The average Bonchev–Trinajstić information content (AvgIpc) is 3.21. The lowest BCUT2D eigenvalue weighted by Gasteiger charge is -2.05. The first kappa shape index (κ1) is 14.7. The summed E-state index contributed by atoms with van der Waals surface area (Å²) in [7, 11) is 0. The number of carboxylic acid groups (broad SMARTS) is 1. The van der Waals surface area contributed by atoms with Gasteiger partial charge in [0.2, 0.25) is 0 Å². The number of hydrogen-bond donors (Lipinski definition) is 2. The molecule has 2 aromatic rings. The summed E-state index contributed by atoms with van der Waals surface area (Å²) in [5.74, 6) is -0.917. The number of aliphatic hydroxyl groups excluding tert-OH is 1. The molecule has 1 aromatic carbocycles. The lowest BCUT2D eigenvalue weighted by Crippen LogP contribution is -2.10. The van der Waals surface area contributed by atoms with Crippen LogP contribution in [0.5, 0.6) is 0 Å². The van der Waals surface area contributed by atoms with Crippen LogP contribution in [0.3, 0.4) is 0 Å². The first-order valence-corrected chi connectivity index (χ1v) is 6.70. The van der Waals surface area contributed by atoms with Crippen LogP contribution < -0.4 is 0 Å². The second-order valence-corrected chi connectivity index (χ2v) is 4.68. The lowest BCUT2D eigenvalue weighted by atomic mass is 10.0. The van der Waals surface area contributed by atoms with Gasteiger partial charge in [0.25, 0.3) is 0 Å². The SMILES string of the molecule is O=C(O)C1=CC=C2N=NN=C2C1.OCn1nnc2ccccc21. The highest BCUT2D eigenvalue weighted by molar-refractivity contribution is 6.08. The highest BCUT2D eigenvalue weighted by Gasteiger charge is 2.20. The molecule has 2 aliphatic rings. The van der Waals surface area contributed by atoms with Gasteiger partial charge in [-0.25, -0.2) is 9.48 Å². The summed E-state index contributed by atoms with van der Waals surface area (Å²) in [5.41, 5.74) is 3.29. The average molecular weight is 312 g/mol. The fourth-order valence-corrected chi connectivity index (χ4v) is 2.08. The summed E-state index contributed by atoms with van der Waals surface area (Å²) in [6, 6.07) is 7.50. The summed E-state index contributed by atoms with van der Waals surface area (Å²) < 4.78 is 1.44. The minimum Gasteiger partial charge on any atom is -0.478 e. The van der Waals surface area contributed by atoms with Gasteiger partial charge in [0, 0.05) is 12.0 Å². The van der Waals surface area contributed by atoms with Crippen LogP contribution in [-0.2, 0) is 11.5 Å². The Labute approximate surface area is 130 Å². The number of nitrogens with zero attached hydrogens (tertiary/aromatic N) is 6. The van der Waals surface area contributed by atoms with Gasteiger partial charge in [0.1, 0.15) is 17.9 Å². The van der Waals surface area contributed by atoms with E-state index in [0.29, 0.717) is 23.4 Å². The van der Waals surface area contributed by atoms with Crippen molar-refractivity contribution in [3.63, 3.8) is 0 Å². The molecule has 1 aliphatic heterocycles. The van der Waals surface area contributed by atoms with E-state index < -0.39 is 5.97 Å². The van der Waals surface area contributed by atoms with Gasteiger partial charge in [-0.05, 0) is 29.5 Å². The van der Waals surface area contributed by atoms with Gasteiger partial charge in [0.05, 0.1) is 11.2 Å². The standard InChI is InChI=1S/C7H5N3O2.C7H7N3O/c11-7(12)4-1-2-5-6(3-4)9-10-8-5;11-5-10-7-4-2-1-3-6(7)8-9-10/h1-2H,3H2,(H,11,12);1-4,11H,5H2. The van der Waals surface area contributed by atoms with Crippen molar-refractivity contribution < 1.29 is 15.0 Å². The van der Waals surface area contributed by atoms with E-state index in [1.165, 1.54) is 10.8 Å². The number of aliphatic carboxylic acids is 1. The predicted molar refractivity (Wildman–Crippen MR) is 80.5 cm³/mol. The minimum atomic E-state index is -0.917. The number of aliphatic hydroxyl groups is 1. The summed E-state index contributed by atoms with van der Waals surface area (Å²) in [4.78, 5) is 10.5. The van der Waals surface area contributed by atoms with Crippen LogP contribution in [0, 0.1) is 0 Å². The molecule has 0 spiro atoms. The smallest absolute Gasteiger partial charge is 0.331 e. The third-order valence-electron chi connectivity index (χ3n) is 3.24. The monoisotopic (exact) mass is 312 g/mol. The number of para-hydroxylation sites is 1. The Hall–Kier alpha value is -3.20. The maximum atomic E-state index is 10.5. The van der Waals surface area contributed by atoms with Crippen molar-refractivity contribution in [2.45, 2.75) is 13.2 Å². The highest BCUT2D eigenvalue weighted by atomic mass is 16.4. The molecule has 9 nitrogen and oxygen atoms in total. The molecule has 2 heterocycles. The zero-order valence-corrected chi connectivity index (χ0v) is 11.9. The maximum absolute atomic E-state index is 10.5. The third-order valence-corrected chi connectivity index (χ3v) is 3.24. The van der Waals surface area contributed by atoms with Crippen LogP contribution in [0.4, 0.5) is 0 Å². The summed E-state index contributed by atoms with van der Waals surface area (Å²) in [5, 5.41) is 35.8. The number of benzene rings is 1. The number of fused-ring (bicyclic) bond motifs is 2. The predicted octanol–water partition coefficient (Wildman–Crippen LogP) is 1.49. The van der Waals surface area contributed by atoms with Crippen molar-refractivity contribution in [3.8, 4) is 0 Å². The Morgan fingerprint density at radius 3 is 2.87 bits per heavy atom. The van der Waals surface area contributed by atoms with Crippen molar-refractivity contribution in [1.82, 2.24) is 15.0 Å². The molecule has 1 aliphatic carbocycles. The van der Waals surface area contributed by atoms with Crippen LogP contribution >= 0.6 is 0 Å². The molecule has 0 unspecified atom stereocenters. The fourth-order valence-electron chi connectivity index (χ4n) is 2.08. The first-order chi connectivity index (χ1) is 11.2. The van der Waals surface area contributed by atoms with E-state index in [1.807, 2.05) is 24.3 Å². The zero-order chi connectivity index (χ0) is 16.2. The Kier molecular flexibility index (Phi) is 4.02. The number of hydrogen-bond acceptors (Lipinski definition) is 7. The van der Waals surface area contributed by atoms with E-state index in [4.69, 9.17) is 10.2 Å². The second kappa shape index (κ2) is 6.28. The zero-order valence-electron chi connectivity index (χ0n) is 11.9. The number of rotatable bonds is 2. The molecule has 0 fully saturated rings. The van der Waals surface area contributed by atoms with Crippen LogP contribution in [0.15, 0.2) is 63.1 Å². The third kappa shape index (κ3) is 3.04. The van der Waals surface area contributed by atoms with Crippen LogP contribution in [0.2, 0.25) is 0 Å². The molecule has 0 amide bonds. The molecule has 1 aromatic heterocycles. The first-order valence-electron chi connectivity index (χ1n) is 6.70. The number of allylic oxidation sites excluding steroid dienone is 3. The van der Waals surface area contributed by atoms with E-state index >= 15 is 0 Å². The number of aromatic nitrogens is 3. The molecule has 0 saturated heterocycles. The van der Waals surface area contributed by atoms with Gasteiger partial charge in [-0.15, -0.1) is 15.3 Å². The van der Waals surface area contributed by atoms with Crippen LogP contribution in [0.25, 0.3) is 11.0 Å². The van der Waals surface area contributed by atoms with Gasteiger partial charge in [0.15, 0.2) is 0 Å². The molecule has 0 radical (unpaired) electrons. The molecule has 0 saturated carbocycles. The van der Waals surface area contributed by atoms with Crippen molar-refractivity contribution in [1.29, 1.82) is 0 Å². The van der Waals surface area contributed by atoms with Gasteiger partial charge >= 0.3 is 5.97 Å². The maximum Gasteiger partial charge on any atom is 0.331 e. The van der Waals surface area contributed by atoms with E-state index in [2.05, 4.69) is 25.8 Å². The Morgan fingerprint density at radius 2 is 2.09 bits per heavy atom. The fraction of sp³-hybridized carbons (Fsp3) is 0.143. The Bertz CT molecular complexity index is 878. The molecular weight excluding hydrogens is 300 g/mol. The molecular formula is C14H12N6O3. The summed E-state index contributed by atoms with van der Waals surface area (Å²) in [6.07, 6.45) is 3.46. The second-order valence-electron chi connectivity index (χ2n) is 4.68. The highest BCUT2D eigenvalue weighted by Crippen LogP contribution is 2.21. The van der Waals surface area contributed by atoms with Gasteiger partial charge < -0.3 is 10.2 Å². The van der Waals surface area contributed by atoms with E-state index in [9.17, 15) is 4.79 Å². The van der Waals surface area contributed by atoms with Gasteiger partial charge in [-0.2, -0.15) is 0 Å². The van der Waals surface area contributed by atoms with Crippen LogP contribution in [0.1, 0.15) is 6.42 Å². The number of carbonyl (C=O) groups is 1. The quantitative estimate of drug-likeness (QED) is 0.868. The molecule has 23 heavy (non-hydrogen) atoms. The van der Waals surface area contributed by atoms with E-state index in [1.54, 1.807) is 6.08 Å². The topological polar surface area (TPSA) is 125 Å². The van der Waals surface area contributed by atoms with E-state index in [-0.39, 0.29) is 6.73 Å². The Morgan fingerprint density at radius 1 is 1.26 bits per heavy atom. The van der Waals surface area contributed by atoms with Gasteiger partial charge in [-0.3, -0.25) is 0 Å². The lowest BCUT2D eigenvalue weighted by molar-refractivity contribution is -0.132. The van der Waals surface area contributed by atoms with Crippen molar-refractivity contribution in [2.24, 2.45) is 15.4 Å². The molecule has 116 valence electrons. The molecule has 2 N–H and O–H groups in total. The molecule has 0 bridgehead atoms. The van der Waals surface area contributed by atoms with Crippen molar-refractivity contribution in [2.75, 3.05) is 0 Å². The largest absolute Gasteiger partial charge is 0.478 e. The molecule has 9 heteroatoms. The summed E-state index contributed by atoms with van der Waals surface area (Å²) >= 11 is 0. The molecule has 4 rings (SSSR count). The van der Waals surface area contributed by atoms with Crippen molar-refractivity contribution in [3.05, 3.63) is 47.7 Å². The Balaban J connectivity index is 0.000000136. The van der Waals surface area contributed by atoms with Crippen LogP contribution in [-0.4, -0.2) is 36.9 Å².